The molecule has 0 aromatic heterocycles. The fourth-order valence-corrected chi connectivity index (χ4v) is 7.95. The molecule has 0 bridgehead atoms. The van der Waals surface area contributed by atoms with E-state index in [1.54, 1.807) is 0 Å². The molecule has 0 saturated carbocycles. The molecule has 0 N–H and O–H groups in total. The summed E-state index contributed by atoms with van der Waals surface area (Å²) in [7, 11) is -3.33. The number of ether oxygens (including phenoxy) is 1. The predicted molar refractivity (Wildman–Crippen MR) is 57.6 cm³/mol. The van der Waals surface area contributed by atoms with E-state index in [-0.39, 0.29) is 0 Å². The molecule has 1 fully saturated rings. The monoisotopic (exact) mass is 220 g/mol. The van der Waals surface area contributed by atoms with Crippen LogP contribution in [0.2, 0.25) is 32.7 Å². The van der Waals surface area contributed by atoms with E-state index in [4.69, 9.17) is 13.3 Å². The van der Waals surface area contributed by atoms with Gasteiger partial charge in [0.25, 0.3) is 0 Å². The average molecular weight is 220 g/mol. The van der Waals surface area contributed by atoms with Crippen LogP contribution in [0.3, 0.4) is 0 Å². The Balaban J connectivity index is 2.26. The van der Waals surface area contributed by atoms with Crippen LogP contribution >= 0.6 is 0 Å². The van der Waals surface area contributed by atoms with Crippen LogP contribution in [0, 0.1) is 0 Å². The van der Waals surface area contributed by atoms with Gasteiger partial charge in [-0.2, -0.15) is 0 Å². The van der Waals surface area contributed by atoms with Gasteiger partial charge in [0.2, 0.25) is 0 Å². The topological polar surface area (TPSA) is 31.0 Å². The number of rotatable bonds is 5. The molecule has 3 nitrogen and oxygen atoms in total. The molecule has 0 spiro atoms. The minimum Gasteiger partial charge on any atom is -0.436 e. The quantitative estimate of drug-likeness (QED) is 0.524. The van der Waals surface area contributed by atoms with Gasteiger partial charge in [0, 0.05) is 0 Å². The summed E-state index contributed by atoms with van der Waals surface area (Å²) in [5.41, 5.74) is 0. The van der Waals surface area contributed by atoms with E-state index >= 15 is 0 Å². The smallest absolute Gasteiger partial charge is 0.321 e. The van der Waals surface area contributed by atoms with Crippen molar-refractivity contribution in [2.45, 2.75) is 38.8 Å². The second-order valence-corrected chi connectivity index (χ2v) is 13.0. The van der Waals surface area contributed by atoms with Crippen molar-refractivity contribution in [3.05, 3.63) is 0 Å². The van der Waals surface area contributed by atoms with Crippen LogP contribution in [0.25, 0.3) is 0 Å². The molecule has 1 saturated heterocycles. The van der Waals surface area contributed by atoms with Crippen molar-refractivity contribution in [3.63, 3.8) is 0 Å². The molecule has 0 radical (unpaired) electrons. The highest BCUT2D eigenvalue weighted by atomic mass is 28.4. The molecule has 1 atom stereocenters. The molecule has 0 amide bonds. The molecule has 78 valence electrons. The van der Waals surface area contributed by atoms with Gasteiger partial charge in [0.05, 0.1) is 13.2 Å². The van der Waals surface area contributed by atoms with Gasteiger partial charge >= 0.3 is 8.56 Å². The van der Waals surface area contributed by atoms with Crippen LogP contribution in [-0.4, -0.2) is 36.2 Å². The molecule has 1 rings (SSSR count). The summed E-state index contributed by atoms with van der Waals surface area (Å²) < 4.78 is 16.8. The van der Waals surface area contributed by atoms with Gasteiger partial charge in [-0.25, -0.2) is 0 Å². The number of hydrogen-bond donors (Lipinski definition) is 0. The lowest BCUT2D eigenvalue weighted by Gasteiger charge is -2.30. The largest absolute Gasteiger partial charge is 0.436 e. The van der Waals surface area contributed by atoms with Gasteiger partial charge in [-0.15, -0.1) is 0 Å². The van der Waals surface area contributed by atoms with Crippen LogP contribution < -0.4 is 0 Å². The molecular formula is C8H20O3Si2. The maximum atomic E-state index is 6.00. The summed E-state index contributed by atoms with van der Waals surface area (Å²) in [5.74, 6) is 0. The van der Waals surface area contributed by atoms with Gasteiger partial charge in [-0.05, 0) is 32.7 Å². The van der Waals surface area contributed by atoms with Crippen molar-refractivity contribution in [1.82, 2.24) is 0 Å². The highest BCUT2D eigenvalue weighted by Crippen LogP contribution is 2.18. The van der Waals surface area contributed by atoms with Gasteiger partial charge < -0.3 is 13.3 Å². The van der Waals surface area contributed by atoms with Crippen LogP contribution in [-0.2, 0) is 13.3 Å². The van der Waals surface area contributed by atoms with Gasteiger partial charge in [0.1, 0.15) is 6.10 Å². The van der Waals surface area contributed by atoms with E-state index < -0.39 is 16.9 Å². The Labute approximate surface area is 82.8 Å². The Hall–Kier alpha value is 0.314. The first kappa shape index (κ1) is 11.4. The van der Waals surface area contributed by atoms with Crippen LogP contribution in [0.1, 0.15) is 0 Å². The second-order valence-electron chi connectivity index (χ2n) is 4.88. The average Bonchev–Trinajstić information content (AvgIpc) is 2.59. The molecule has 0 aliphatic carbocycles. The standard InChI is InChI=1S/C8H20O3Si2/c1-12(2,3)11-13(4,5)10-7-8-6-9-8/h8H,6-7H2,1-5H3. The van der Waals surface area contributed by atoms with E-state index in [9.17, 15) is 0 Å². The molecule has 1 aliphatic heterocycles. The van der Waals surface area contributed by atoms with Crippen molar-refractivity contribution < 1.29 is 13.3 Å². The second kappa shape index (κ2) is 3.82. The van der Waals surface area contributed by atoms with Gasteiger partial charge in [-0.3, -0.25) is 0 Å². The lowest BCUT2D eigenvalue weighted by molar-refractivity contribution is 0.215. The van der Waals surface area contributed by atoms with Gasteiger partial charge in [-0.1, -0.05) is 0 Å². The van der Waals surface area contributed by atoms with Gasteiger partial charge in [0.15, 0.2) is 8.32 Å². The van der Waals surface area contributed by atoms with Crippen molar-refractivity contribution in [3.8, 4) is 0 Å². The van der Waals surface area contributed by atoms with Crippen molar-refractivity contribution in [2.24, 2.45) is 0 Å². The fraction of sp³-hybridized carbons (Fsp3) is 1.00. The molecule has 0 aromatic carbocycles. The summed E-state index contributed by atoms with van der Waals surface area (Å²) >= 11 is 0. The van der Waals surface area contributed by atoms with Crippen LogP contribution in [0.4, 0.5) is 0 Å². The lowest BCUT2D eigenvalue weighted by Crippen LogP contribution is -2.45. The van der Waals surface area contributed by atoms with E-state index in [1.165, 1.54) is 0 Å². The molecule has 13 heavy (non-hydrogen) atoms. The predicted octanol–water partition coefficient (Wildman–Crippen LogP) is 1.96. The molecule has 1 unspecified atom stereocenters. The Bertz CT molecular complexity index is 173. The minimum atomic E-state index is -1.88. The Morgan fingerprint density at radius 2 is 1.77 bits per heavy atom. The highest BCUT2D eigenvalue weighted by Gasteiger charge is 2.34. The molecular weight excluding hydrogens is 200 g/mol. The maximum Gasteiger partial charge on any atom is 0.321 e. The molecule has 0 aromatic rings. The number of epoxide rings is 1. The first-order chi connectivity index (χ1) is 5.79. The van der Waals surface area contributed by atoms with Crippen molar-refractivity contribution in [1.29, 1.82) is 0 Å². The van der Waals surface area contributed by atoms with E-state index in [0.29, 0.717) is 12.7 Å². The van der Waals surface area contributed by atoms with Crippen molar-refractivity contribution >= 4 is 16.9 Å². The zero-order valence-corrected chi connectivity index (χ0v) is 11.2. The Morgan fingerprint density at radius 3 is 2.15 bits per heavy atom. The summed E-state index contributed by atoms with van der Waals surface area (Å²) in [6.45, 7) is 12.4. The fourth-order valence-electron chi connectivity index (χ4n) is 1.22. The van der Waals surface area contributed by atoms with E-state index in [0.717, 1.165) is 6.61 Å². The third-order valence-corrected chi connectivity index (χ3v) is 6.85. The first-order valence-corrected chi connectivity index (χ1v) is 11.0. The zero-order chi connectivity index (χ0) is 10.1. The highest BCUT2D eigenvalue weighted by molar-refractivity contribution is 6.81. The summed E-state index contributed by atoms with van der Waals surface area (Å²) in [5, 5.41) is 0. The lowest BCUT2D eigenvalue weighted by atomic mass is 10.5. The Kier molecular flexibility index (Phi) is 3.35. The SMILES string of the molecule is C[Si](C)(C)O[Si](C)(C)OCC1CO1. The maximum absolute atomic E-state index is 6.00. The molecule has 5 heteroatoms. The molecule has 1 heterocycles. The third kappa shape index (κ3) is 5.59. The van der Waals surface area contributed by atoms with Crippen LogP contribution in [0.15, 0.2) is 0 Å². The summed E-state index contributed by atoms with van der Waals surface area (Å²) in [6.07, 6.45) is 0.344. The third-order valence-electron chi connectivity index (χ3n) is 1.57. The zero-order valence-electron chi connectivity index (χ0n) is 9.22. The van der Waals surface area contributed by atoms with Crippen molar-refractivity contribution in [2.75, 3.05) is 13.2 Å². The Morgan fingerprint density at radius 1 is 1.23 bits per heavy atom. The van der Waals surface area contributed by atoms with E-state index in [2.05, 4.69) is 32.7 Å². The first-order valence-electron chi connectivity index (χ1n) is 4.74. The molecule has 1 aliphatic rings. The summed E-state index contributed by atoms with van der Waals surface area (Å²) in [4.78, 5) is 0. The normalized spacial score (nSPS) is 23.3. The van der Waals surface area contributed by atoms with E-state index in [1.807, 2.05) is 0 Å². The minimum absolute atomic E-state index is 0.344. The number of hydrogen-bond acceptors (Lipinski definition) is 3. The van der Waals surface area contributed by atoms with Crippen LogP contribution in [0.5, 0.6) is 0 Å². The summed E-state index contributed by atoms with van der Waals surface area (Å²) in [6, 6.07) is 0.